The standard InChI is InChI=1S/C21H24N4O/c1-3-24-18-12-7-6-11-17(18)22-20(24)19-13-8-14-25(19)21(26)23-16-10-5-4-9-15(16)2/h4-7,9-12,19H,3,8,13-14H2,1-2H3,(H,23,26). The summed E-state index contributed by atoms with van der Waals surface area (Å²) in [7, 11) is 0. The van der Waals surface area contributed by atoms with Crippen molar-refractivity contribution in [3.63, 3.8) is 0 Å². The molecule has 0 aliphatic carbocycles. The second-order valence-electron chi connectivity index (χ2n) is 6.80. The molecule has 2 amide bonds. The van der Waals surface area contributed by atoms with Gasteiger partial charge < -0.3 is 14.8 Å². The van der Waals surface area contributed by atoms with Crippen LogP contribution in [0.3, 0.4) is 0 Å². The number of carbonyl (C=O) groups excluding carboxylic acids is 1. The highest BCUT2D eigenvalue weighted by molar-refractivity contribution is 5.90. The van der Waals surface area contributed by atoms with Crippen molar-refractivity contribution in [3.8, 4) is 0 Å². The minimum atomic E-state index is -0.0449. The van der Waals surface area contributed by atoms with Crippen LogP contribution in [0.15, 0.2) is 48.5 Å². The first-order valence-corrected chi connectivity index (χ1v) is 9.27. The van der Waals surface area contributed by atoms with Gasteiger partial charge in [0.05, 0.1) is 17.1 Å². The van der Waals surface area contributed by atoms with Crippen molar-refractivity contribution in [1.29, 1.82) is 0 Å². The number of fused-ring (bicyclic) bond motifs is 1. The number of rotatable bonds is 3. The molecule has 0 saturated carbocycles. The summed E-state index contributed by atoms with van der Waals surface area (Å²) in [4.78, 5) is 19.7. The highest BCUT2D eigenvalue weighted by atomic mass is 16.2. The number of aryl methyl sites for hydroxylation is 2. The number of para-hydroxylation sites is 3. The summed E-state index contributed by atoms with van der Waals surface area (Å²) in [5.41, 5.74) is 4.07. The summed E-state index contributed by atoms with van der Waals surface area (Å²) < 4.78 is 2.24. The lowest BCUT2D eigenvalue weighted by atomic mass is 10.2. The van der Waals surface area contributed by atoms with Crippen LogP contribution in [-0.2, 0) is 6.54 Å². The Kier molecular flexibility index (Phi) is 4.37. The summed E-state index contributed by atoms with van der Waals surface area (Å²) in [5, 5.41) is 3.07. The molecule has 5 heteroatoms. The fourth-order valence-electron chi connectivity index (χ4n) is 3.86. The number of benzene rings is 2. The highest BCUT2D eigenvalue weighted by Gasteiger charge is 2.33. The first-order valence-electron chi connectivity index (χ1n) is 9.27. The minimum Gasteiger partial charge on any atom is -0.327 e. The smallest absolute Gasteiger partial charge is 0.322 e. The van der Waals surface area contributed by atoms with Crippen molar-refractivity contribution in [2.24, 2.45) is 0 Å². The van der Waals surface area contributed by atoms with Crippen molar-refractivity contribution < 1.29 is 4.79 Å². The summed E-state index contributed by atoms with van der Waals surface area (Å²) in [5.74, 6) is 0.992. The van der Waals surface area contributed by atoms with Gasteiger partial charge in [-0.05, 0) is 50.5 Å². The highest BCUT2D eigenvalue weighted by Crippen LogP contribution is 2.34. The number of nitrogens with zero attached hydrogens (tertiary/aromatic N) is 3. The molecule has 0 bridgehead atoms. The molecule has 134 valence electrons. The normalized spacial score (nSPS) is 17.0. The zero-order valence-corrected chi connectivity index (χ0v) is 15.3. The van der Waals surface area contributed by atoms with E-state index in [1.807, 2.05) is 54.3 Å². The number of amides is 2. The van der Waals surface area contributed by atoms with Gasteiger partial charge in [-0.3, -0.25) is 0 Å². The molecule has 3 aromatic rings. The Labute approximate surface area is 153 Å². The number of nitrogens with one attached hydrogen (secondary N) is 1. The van der Waals surface area contributed by atoms with E-state index < -0.39 is 0 Å². The lowest BCUT2D eigenvalue weighted by Gasteiger charge is -2.25. The molecule has 1 aliphatic heterocycles. The lowest BCUT2D eigenvalue weighted by Crippen LogP contribution is -2.35. The van der Waals surface area contributed by atoms with E-state index in [2.05, 4.69) is 22.9 Å². The van der Waals surface area contributed by atoms with Gasteiger partial charge in [0.25, 0.3) is 0 Å². The summed E-state index contributed by atoms with van der Waals surface area (Å²) in [6.45, 7) is 5.74. The van der Waals surface area contributed by atoms with E-state index in [1.165, 1.54) is 0 Å². The molecule has 1 unspecified atom stereocenters. The Morgan fingerprint density at radius 3 is 2.77 bits per heavy atom. The third-order valence-corrected chi connectivity index (χ3v) is 5.20. The SMILES string of the molecule is CCn1c(C2CCCN2C(=O)Nc2ccccc2C)nc2ccccc21. The Balaban J connectivity index is 1.65. The molecule has 1 aliphatic rings. The van der Waals surface area contributed by atoms with E-state index in [1.54, 1.807) is 0 Å². The Bertz CT molecular complexity index is 946. The van der Waals surface area contributed by atoms with Crippen LogP contribution in [0.2, 0.25) is 0 Å². The number of aromatic nitrogens is 2. The van der Waals surface area contributed by atoms with Gasteiger partial charge in [0, 0.05) is 18.8 Å². The molecule has 5 nitrogen and oxygen atoms in total. The number of anilines is 1. The van der Waals surface area contributed by atoms with Crippen molar-refractivity contribution in [3.05, 3.63) is 59.9 Å². The molecule has 0 radical (unpaired) electrons. The zero-order chi connectivity index (χ0) is 18.1. The summed E-state index contributed by atoms with van der Waals surface area (Å²) in [6.07, 6.45) is 1.95. The molecule has 1 fully saturated rings. The van der Waals surface area contributed by atoms with Crippen molar-refractivity contribution in [1.82, 2.24) is 14.5 Å². The largest absolute Gasteiger partial charge is 0.327 e. The number of likely N-dealkylation sites (tertiary alicyclic amines) is 1. The minimum absolute atomic E-state index is 0.0198. The molecular formula is C21H24N4O. The van der Waals surface area contributed by atoms with E-state index in [9.17, 15) is 4.79 Å². The molecule has 1 atom stereocenters. The maximum Gasteiger partial charge on any atom is 0.322 e. The number of hydrogen-bond donors (Lipinski definition) is 1. The average molecular weight is 348 g/mol. The van der Waals surface area contributed by atoms with E-state index in [4.69, 9.17) is 4.98 Å². The molecule has 1 saturated heterocycles. The molecular weight excluding hydrogens is 324 g/mol. The fraction of sp³-hybridized carbons (Fsp3) is 0.333. The molecule has 0 spiro atoms. The van der Waals surface area contributed by atoms with E-state index in [-0.39, 0.29) is 12.1 Å². The number of imidazole rings is 1. The first-order chi connectivity index (χ1) is 12.7. The maximum atomic E-state index is 12.9. The second-order valence-corrected chi connectivity index (χ2v) is 6.80. The molecule has 2 heterocycles. The molecule has 1 N–H and O–H groups in total. The van der Waals surface area contributed by atoms with Crippen molar-refractivity contribution >= 4 is 22.8 Å². The predicted molar refractivity (Wildman–Crippen MR) is 104 cm³/mol. The zero-order valence-electron chi connectivity index (χ0n) is 15.3. The predicted octanol–water partition coefficient (Wildman–Crippen LogP) is 4.73. The lowest BCUT2D eigenvalue weighted by molar-refractivity contribution is 0.204. The fourth-order valence-corrected chi connectivity index (χ4v) is 3.86. The Morgan fingerprint density at radius 1 is 1.19 bits per heavy atom. The summed E-state index contributed by atoms with van der Waals surface area (Å²) >= 11 is 0. The van der Waals surface area contributed by atoms with Gasteiger partial charge in [0.15, 0.2) is 0 Å². The first kappa shape index (κ1) is 16.6. The van der Waals surface area contributed by atoms with Crippen LogP contribution >= 0.6 is 0 Å². The second kappa shape index (κ2) is 6.83. The molecule has 2 aromatic carbocycles. The van der Waals surface area contributed by atoms with Crippen LogP contribution in [0.1, 0.15) is 37.2 Å². The van der Waals surface area contributed by atoms with Gasteiger partial charge in [-0.15, -0.1) is 0 Å². The summed E-state index contributed by atoms with van der Waals surface area (Å²) in [6, 6.07) is 16.0. The van der Waals surface area contributed by atoms with Gasteiger partial charge >= 0.3 is 6.03 Å². The van der Waals surface area contributed by atoms with Gasteiger partial charge in [-0.2, -0.15) is 0 Å². The van der Waals surface area contributed by atoms with Crippen LogP contribution in [-0.4, -0.2) is 27.0 Å². The van der Waals surface area contributed by atoms with Crippen molar-refractivity contribution in [2.45, 2.75) is 39.3 Å². The van der Waals surface area contributed by atoms with Gasteiger partial charge in [0.2, 0.25) is 0 Å². The van der Waals surface area contributed by atoms with Gasteiger partial charge in [0.1, 0.15) is 5.82 Å². The van der Waals surface area contributed by atoms with Gasteiger partial charge in [-0.25, -0.2) is 9.78 Å². The maximum absolute atomic E-state index is 12.9. The van der Waals surface area contributed by atoms with Crippen LogP contribution in [0.25, 0.3) is 11.0 Å². The van der Waals surface area contributed by atoms with Crippen LogP contribution < -0.4 is 5.32 Å². The molecule has 26 heavy (non-hydrogen) atoms. The number of urea groups is 1. The Morgan fingerprint density at radius 2 is 1.96 bits per heavy atom. The quantitative estimate of drug-likeness (QED) is 0.743. The topological polar surface area (TPSA) is 50.2 Å². The number of carbonyl (C=O) groups is 1. The van der Waals surface area contributed by atoms with Gasteiger partial charge in [-0.1, -0.05) is 30.3 Å². The van der Waals surface area contributed by atoms with E-state index in [0.717, 1.165) is 54.0 Å². The average Bonchev–Trinajstić information content (AvgIpc) is 3.27. The third kappa shape index (κ3) is 2.83. The molecule has 1 aromatic heterocycles. The number of hydrogen-bond acceptors (Lipinski definition) is 2. The Hall–Kier alpha value is -2.82. The van der Waals surface area contributed by atoms with Crippen LogP contribution in [0, 0.1) is 6.92 Å². The van der Waals surface area contributed by atoms with E-state index >= 15 is 0 Å². The third-order valence-electron chi connectivity index (χ3n) is 5.20. The molecule has 4 rings (SSSR count). The van der Waals surface area contributed by atoms with Crippen LogP contribution in [0.5, 0.6) is 0 Å². The van der Waals surface area contributed by atoms with Crippen LogP contribution in [0.4, 0.5) is 10.5 Å². The van der Waals surface area contributed by atoms with Crippen molar-refractivity contribution in [2.75, 3.05) is 11.9 Å². The monoisotopic (exact) mass is 348 g/mol. The van der Waals surface area contributed by atoms with E-state index in [0.29, 0.717) is 0 Å².